The van der Waals surface area contributed by atoms with Crippen LogP contribution in [0.5, 0.6) is 0 Å². The quantitative estimate of drug-likeness (QED) is 0.692. The molecule has 0 saturated carbocycles. The zero-order valence-corrected chi connectivity index (χ0v) is 9.52. The van der Waals surface area contributed by atoms with E-state index < -0.39 is 0 Å². The maximum Gasteiger partial charge on any atom is 0.0582 e. The molecule has 1 aromatic heterocycles. The van der Waals surface area contributed by atoms with Gasteiger partial charge in [-0.05, 0) is 25.3 Å². The topological polar surface area (TPSA) is 47.3 Å². The number of aromatic nitrogens is 2. The number of hydrogen-bond acceptors (Lipinski definition) is 3. The predicted octanol–water partition coefficient (Wildman–Crippen LogP) is 1.23. The van der Waals surface area contributed by atoms with Gasteiger partial charge in [-0.1, -0.05) is 0 Å². The number of methoxy groups -OCH3 is 1. The van der Waals surface area contributed by atoms with E-state index in [0.717, 1.165) is 24.9 Å². The number of aliphatic hydroxyl groups excluding tert-OH is 1. The Labute approximate surface area is 90.9 Å². The SMILES string of the molecule is CCn1cc(CC(O)CCCOC)cn1. The summed E-state index contributed by atoms with van der Waals surface area (Å²) in [5.74, 6) is 0. The Morgan fingerprint density at radius 3 is 3.00 bits per heavy atom. The Morgan fingerprint density at radius 2 is 2.40 bits per heavy atom. The maximum atomic E-state index is 9.72. The molecule has 0 aliphatic rings. The lowest BCUT2D eigenvalue weighted by atomic mass is 10.1. The van der Waals surface area contributed by atoms with E-state index in [-0.39, 0.29) is 6.10 Å². The second-order valence-electron chi connectivity index (χ2n) is 3.70. The van der Waals surface area contributed by atoms with Crippen LogP contribution >= 0.6 is 0 Å². The second-order valence-corrected chi connectivity index (χ2v) is 3.70. The van der Waals surface area contributed by atoms with Gasteiger partial charge in [-0.15, -0.1) is 0 Å². The molecule has 1 rings (SSSR count). The molecule has 1 atom stereocenters. The molecule has 4 nitrogen and oxygen atoms in total. The first-order valence-corrected chi connectivity index (χ1v) is 5.44. The molecule has 0 spiro atoms. The van der Waals surface area contributed by atoms with Gasteiger partial charge in [0.15, 0.2) is 0 Å². The molecule has 0 aliphatic carbocycles. The van der Waals surface area contributed by atoms with Gasteiger partial charge in [-0.2, -0.15) is 5.10 Å². The summed E-state index contributed by atoms with van der Waals surface area (Å²) in [4.78, 5) is 0. The largest absolute Gasteiger partial charge is 0.393 e. The van der Waals surface area contributed by atoms with Gasteiger partial charge in [-0.25, -0.2) is 0 Å². The van der Waals surface area contributed by atoms with Gasteiger partial charge in [0.1, 0.15) is 0 Å². The molecule has 0 aliphatic heterocycles. The summed E-state index contributed by atoms with van der Waals surface area (Å²) in [7, 11) is 1.68. The number of ether oxygens (including phenoxy) is 1. The number of hydrogen-bond donors (Lipinski definition) is 1. The molecule has 1 heterocycles. The summed E-state index contributed by atoms with van der Waals surface area (Å²) in [5.41, 5.74) is 1.10. The van der Waals surface area contributed by atoms with Crippen molar-refractivity contribution in [2.45, 2.75) is 38.8 Å². The first-order chi connectivity index (χ1) is 7.26. The Hall–Kier alpha value is -0.870. The van der Waals surface area contributed by atoms with Crippen molar-refractivity contribution < 1.29 is 9.84 Å². The molecule has 0 bridgehead atoms. The summed E-state index contributed by atoms with van der Waals surface area (Å²) >= 11 is 0. The molecule has 0 aromatic carbocycles. The molecular formula is C11H20N2O2. The lowest BCUT2D eigenvalue weighted by molar-refractivity contribution is 0.135. The fraction of sp³-hybridized carbons (Fsp3) is 0.727. The summed E-state index contributed by atoms with van der Waals surface area (Å²) in [6.07, 6.45) is 5.89. The van der Waals surface area contributed by atoms with Crippen molar-refractivity contribution in [2.75, 3.05) is 13.7 Å². The fourth-order valence-corrected chi connectivity index (χ4v) is 1.52. The van der Waals surface area contributed by atoms with E-state index in [1.54, 1.807) is 7.11 Å². The van der Waals surface area contributed by atoms with Crippen LogP contribution in [-0.2, 0) is 17.7 Å². The molecular weight excluding hydrogens is 192 g/mol. The highest BCUT2D eigenvalue weighted by atomic mass is 16.5. The van der Waals surface area contributed by atoms with Crippen molar-refractivity contribution in [3.63, 3.8) is 0 Å². The molecule has 4 heteroatoms. The maximum absolute atomic E-state index is 9.72. The van der Waals surface area contributed by atoms with Gasteiger partial charge >= 0.3 is 0 Å². The average Bonchev–Trinajstić information content (AvgIpc) is 2.66. The molecule has 86 valence electrons. The van der Waals surface area contributed by atoms with Crippen LogP contribution in [0.25, 0.3) is 0 Å². The van der Waals surface area contributed by atoms with Crippen molar-refractivity contribution in [3.05, 3.63) is 18.0 Å². The van der Waals surface area contributed by atoms with Crippen LogP contribution in [0.15, 0.2) is 12.4 Å². The van der Waals surface area contributed by atoms with Crippen LogP contribution < -0.4 is 0 Å². The van der Waals surface area contributed by atoms with Crippen molar-refractivity contribution in [2.24, 2.45) is 0 Å². The van der Waals surface area contributed by atoms with Crippen LogP contribution in [0, 0.1) is 0 Å². The molecule has 0 saturated heterocycles. The molecule has 0 amide bonds. The average molecular weight is 212 g/mol. The summed E-state index contributed by atoms with van der Waals surface area (Å²) in [6, 6.07) is 0. The van der Waals surface area contributed by atoms with Gasteiger partial charge < -0.3 is 9.84 Å². The van der Waals surface area contributed by atoms with Crippen LogP contribution in [0.4, 0.5) is 0 Å². The summed E-state index contributed by atoms with van der Waals surface area (Å²) < 4.78 is 6.81. The van der Waals surface area contributed by atoms with E-state index in [1.807, 2.05) is 24.0 Å². The Balaban J connectivity index is 2.27. The third-order valence-electron chi connectivity index (χ3n) is 2.37. The Kier molecular flexibility index (Phi) is 5.36. The van der Waals surface area contributed by atoms with Crippen molar-refractivity contribution in [1.29, 1.82) is 0 Å². The standard InChI is InChI=1S/C11H20N2O2/c1-3-13-9-10(8-12-13)7-11(14)5-4-6-15-2/h8-9,11,14H,3-7H2,1-2H3. The minimum Gasteiger partial charge on any atom is -0.393 e. The molecule has 1 unspecified atom stereocenters. The van der Waals surface area contributed by atoms with Crippen molar-refractivity contribution in [1.82, 2.24) is 9.78 Å². The smallest absolute Gasteiger partial charge is 0.0582 e. The highest BCUT2D eigenvalue weighted by molar-refractivity contribution is 5.05. The van der Waals surface area contributed by atoms with Crippen molar-refractivity contribution in [3.8, 4) is 0 Å². The summed E-state index contributed by atoms with van der Waals surface area (Å²) in [5, 5.41) is 13.9. The van der Waals surface area contributed by atoms with E-state index in [4.69, 9.17) is 4.74 Å². The van der Waals surface area contributed by atoms with Gasteiger partial charge in [0.25, 0.3) is 0 Å². The number of aliphatic hydroxyl groups is 1. The highest BCUT2D eigenvalue weighted by Crippen LogP contribution is 2.07. The molecule has 0 fully saturated rings. The third-order valence-corrected chi connectivity index (χ3v) is 2.37. The number of rotatable bonds is 7. The molecule has 0 radical (unpaired) electrons. The van der Waals surface area contributed by atoms with E-state index in [2.05, 4.69) is 5.10 Å². The minimum absolute atomic E-state index is 0.283. The van der Waals surface area contributed by atoms with Gasteiger partial charge in [-0.3, -0.25) is 4.68 Å². The van der Waals surface area contributed by atoms with E-state index in [0.29, 0.717) is 13.0 Å². The van der Waals surface area contributed by atoms with Crippen LogP contribution in [-0.4, -0.2) is 34.7 Å². The van der Waals surface area contributed by atoms with Crippen LogP contribution in [0.2, 0.25) is 0 Å². The lowest BCUT2D eigenvalue weighted by Gasteiger charge is -2.08. The monoisotopic (exact) mass is 212 g/mol. The highest BCUT2D eigenvalue weighted by Gasteiger charge is 2.06. The molecule has 1 aromatic rings. The van der Waals surface area contributed by atoms with Gasteiger partial charge in [0, 0.05) is 32.9 Å². The Morgan fingerprint density at radius 1 is 1.60 bits per heavy atom. The first-order valence-electron chi connectivity index (χ1n) is 5.44. The Bertz CT molecular complexity index is 273. The molecule has 1 N–H and O–H groups in total. The zero-order valence-electron chi connectivity index (χ0n) is 9.52. The zero-order chi connectivity index (χ0) is 11.1. The number of aryl methyl sites for hydroxylation is 1. The van der Waals surface area contributed by atoms with Crippen molar-refractivity contribution >= 4 is 0 Å². The van der Waals surface area contributed by atoms with Gasteiger partial charge in [0.2, 0.25) is 0 Å². The van der Waals surface area contributed by atoms with E-state index in [1.165, 1.54) is 0 Å². The van der Waals surface area contributed by atoms with Gasteiger partial charge in [0.05, 0.1) is 12.3 Å². The fourth-order valence-electron chi connectivity index (χ4n) is 1.52. The van der Waals surface area contributed by atoms with Crippen LogP contribution in [0.3, 0.4) is 0 Å². The second kappa shape index (κ2) is 6.58. The normalized spacial score (nSPS) is 13.0. The van der Waals surface area contributed by atoms with E-state index in [9.17, 15) is 5.11 Å². The number of nitrogens with zero attached hydrogens (tertiary/aromatic N) is 2. The summed E-state index contributed by atoms with van der Waals surface area (Å²) in [6.45, 7) is 3.64. The minimum atomic E-state index is -0.283. The first kappa shape index (κ1) is 12.2. The van der Waals surface area contributed by atoms with Crippen LogP contribution in [0.1, 0.15) is 25.3 Å². The molecule has 15 heavy (non-hydrogen) atoms. The predicted molar refractivity (Wildman–Crippen MR) is 58.7 cm³/mol. The third kappa shape index (κ3) is 4.44. The lowest BCUT2D eigenvalue weighted by Crippen LogP contribution is -2.11. The van der Waals surface area contributed by atoms with E-state index >= 15 is 0 Å².